The minimum Gasteiger partial charge on any atom is -0.439 e. The lowest BCUT2D eigenvalue weighted by Crippen LogP contribution is -1.98. The lowest BCUT2D eigenvalue weighted by molar-refractivity contribution is 0.644. The summed E-state index contributed by atoms with van der Waals surface area (Å²) in [5.74, 6) is 0. The van der Waals surface area contributed by atoms with Crippen LogP contribution < -0.4 is 0 Å². The van der Waals surface area contributed by atoms with Gasteiger partial charge in [-0.15, -0.1) is 0 Å². The van der Waals surface area contributed by atoms with Crippen LogP contribution in [-0.2, 0) is 0 Å². The molecule has 9 rings (SSSR count). The zero-order chi connectivity index (χ0) is 24.8. The van der Waals surface area contributed by atoms with Crippen LogP contribution in [0.4, 0.5) is 0 Å². The molecule has 0 unspecified atom stereocenters. The molecule has 6 nitrogen and oxygen atoms in total. The third-order valence-electron chi connectivity index (χ3n) is 7.43. The lowest BCUT2D eigenvalue weighted by Gasteiger charge is -2.10. The first-order valence-electron chi connectivity index (χ1n) is 12.5. The van der Waals surface area contributed by atoms with Crippen molar-refractivity contribution in [1.82, 2.24) is 19.1 Å². The number of benzene rings is 3. The number of hydrogen-bond acceptors (Lipinski definition) is 4. The smallest absolute Gasteiger partial charge is 0.215 e. The van der Waals surface area contributed by atoms with E-state index in [2.05, 4.69) is 57.7 Å². The number of fused-ring (bicyclic) bond motifs is 10. The highest BCUT2D eigenvalue weighted by Gasteiger charge is 2.22. The van der Waals surface area contributed by atoms with Crippen molar-refractivity contribution in [3.05, 3.63) is 109 Å². The fourth-order valence-electron chi connectivity index (χ4n) is 5.88. The average Bonchev–Trinajstić information content (AvgIpc) is 3.69. The summed E-state index contributed by atoms with van der Waals surface area (Å²) in [5.41, 5.74) is 9.06. The number of aromatic nitrogens is 4. The Morgan fingerprint density at radius 3 is 1.53 bits per heavy atom. The summed E-state index contributed by atoms with van der Waals surface area (Å²) >= 11 is 0. The minimum absolute atomic E-state index is 0.782. The number of nitrogens with zero attached hydrogens (tertiary/aromatic N) is 4. The van der Waals surface area contributed by atoms with E-state index < -0.39 is 0 Å². The van der Waals surface area contributed by atoms with Gasteiger partial charge < -0.3 is 8.83 Å². The summed E-state index contributed by atoms with van der Waals surface area (Å²) in [5, 5.41) is 4.17. The van der Waals surface area contributed by atoms with E-state index in [4.69, 9.17) is 18.8 Å². The molecule has 0 radical (unpaired) electrons. The largest absolute Gasteiger partial charge is 0.439 e. The monoisotopic (exact) mass is 490 g/mol. The molecule has 3 aromatic carbocycles. The van der Waals surface area contributed by atoms with Crippen LogP contribution in [0.3, 0.4) is 0 Å². The van der Waals surface area contributed by atoms with Crippen molar-refractivity contribution in [2.45, 2.75) is 0 Å². The predicted octanol–water partition coefficient (Wildman–Crippen LogP) is 8.16. The summed E-state index contributed by atoms with van der Waals surface area (Å²) < 4.78 is 17.2. The van der Waals surface area contributed by atoms with Crippen molar-refractivity contribution >= 4 is 66.2 Å². The zero-order valence-corrected chi connectivity index (χ0v) is 20.0. The first kappa shape index (κ1) is 19.8. The average molecular weight is 491 g/mol. The maximum atomic E-state index is 6.42. The van der Waals surface area contributed by atoms with Crippen LogP contribution in [0.5, 0.6) is 0 Å². The number of rotatable bonds is 2. The van der Waals surface area contributed by atoms with Gasteiger partial charge in [0.05, 0.1) is 33.2 Å². The van der Waals surface area contributed by atoms with Crippen molar-refractivity contribution in [2.75, 3.05) is 0 Å². The third kappa shape index (κ3) is 2.46. The van der Waals surface area contributed by atoms with Crippen LogP contribution in [0.25, 0.3) is 77.6 Å². The van der Waals surface area contributed by atoms with Gasteiger partial charge in [0.25, 0.3) is 0 Å². The molecule has 0 aliphatic rings. The van der Waals surface area contributed by atoms with Gasteiger partial charge in [-0.05, 0) is 54.6 Å². The van der Waals surface area contributed by atoms with E-state index in [-0.39, 0.29) is 0 Å². The highest BCUT2D eigenvalue weighted by atomic mass is 16.3. The van der Waals surface area contributed by atoms with E-state index in [9.17, 15) is 0 Å². The molecule has 0 fully saturated rings. The number of pyridine rings is 2. The van der Waals surface area contributed by atoms with Gasteiger partial charge in [-0.25, -0.2) is 0 Å². The Bertz CT molecular complexity index is 2200. The SMILES string of the molecule is c1cc(-n2c3cccnc3c3c4ccccc4oc32)cc(-n2c3cccnc3c3c4ccccc4oc32)c1. The van der Waals surface area contributed by atoms with E-state index >= 15 is 0 Å². The molecular formula is C32H18N4O2. The summed E-state index contributed by atoms with van der Waals surface area (Å²) in [6.45, 7) is 0. The van der Waals surface area contributed by atoms with Gasteiger partial charge >= 0.3 is 0 Å². The molecule has 0 aliphatic carbocycles. The van der Waals surface area contributed by atoms with Gasteiger partial charge in [0.1, 0.15) is 22.2 Å². The molecule has 9 aromatic rings. The van der Waals surface area contributed by atoms with Gasteiger partial charge in [0.2, 0.25) is 11.4 Å². The van der Waals surface area contributed by atoms with Crippen molar-refractivity contribution in [3.8, 4) is 11.4 Å². The maximum Gasteiger partial charge on any atom is 0.215 e. The summed E-state index contributed by atoms with van der Waals surface area (Å²) in [6, 6.07) is 32.8. The first-order valence-corrected chi connectivity index (χ1v) is 12.5. The summed E-state index contributed by atoms with van der Waals surface area (Å²) in [6.07, 6.45) is 3.67. The Kier molecular flexibility index (Phi) is 3.70. The normalized spacial score (nSPS) is 12.2. The maximum absolute atomic E-state index is 6.42. The Labute approximate surface area is 215 Å². The lowest BCUT2D eigenvalue weighted by atomic mass is 10.2. The highest BCUT2D eigenvalue weighted by Crippen LogP contribution is 2.40. The number of para-hydroxylation sites is 2. The fraction of sp³-hybridized carbons (Fsp3) is 0. The van der Waals surface area contributed by atoms with Crippen LogP contribution in [0.15, 0.2) is 118 Å². The Balaban J connectivity index is 1.37. The van der Waals surface area contributed by atoms with Gasteiger partial charge in [0.15, 0.2) is 0 Å². The van der Waals surface area contributed by atoms with Crippen LogP contribution in [0.2, 0.25) is 0 Å². The molecule has 0 N–H and O–H groups in total. The molecule has 6 aromatic heterocycles. The molecule has 38 heavy (non-hydrogen) atoms. The number of hydrogen-bond donors (Lipinski definition) is 0. The van der Waals surface area contributed by atoms with Gasteiger partial charge in [-0.3, -0.25) is 19.1 Å². The Morgan fingerprint density at radius 2 is 1.00 bits per heavy atom. The molecule has 0 amide bonds. The Morgan fingerprint density at radius 1 is 0.500 bits per heavy atom. The molecule has 0 spiro atoms. The quantitative estimate of drug-likeness (QED) is 0.245. The van der Waals surface area contributed by atoms with E-state index in [1.807, 2.05) is 60.9 Å². The van der Waals surface area contributed by atoms with Crippen LogP contribution >= 0.6 is 0 Å². The molecule has 0 aliphatic heterocycles. The minimum atomic E-state index is 0.782. The zero-order valence-electron chi connectivity index (χ0n) is 20.0. The topological polar surface area (TPSA) is 61.9 Å². The highest BCUT2D eigenvalue weighted by molar-refractivity contribution is 6.19. The van der Waals surface area contributed by atoms with Crippen LogP contribution in [0, 0.1) is 0 Å². The number of furan rings is 2. The van der Waals surface area contributed by atoms with E-state index in [0.717, 1.165) is 77.6 Å². The van der Waals surface area contributed by atoms with Crippen LogP contribution in [0.1, 0.15) is 0 Å². The molecule has 0 saturated heterocycles. The second-order valence-electron chi connectivity index (χ2n) is 9.49. The van der Waals surface area contributed by atoms with E-state index in [0.29, 0.717) is 0 Å². The molecule has 0 bridgehead atoms. The molecular weight excluding hydrogens is 472 g/mol. The van der Waals surface area contributed by atoms with Gasteiger partial charge in [-0.1, -0.05) is 42.5 Å². The van der Waals surface area contributed by atoms with Crippen molar-refractivity contribution < 1.29 is 8.83 Å². The van der Waals surface area contributed by atoms with Gasteiger partial charge in [0, 0.05) is 23.2 Å². The molecule has 0 atom stereocenters. The standard InChI is InChI=1S/C32H18N4O2/c1-3-14-25-21(10-1)27-29-23(12-6-16-33-29)35(31(27)37-25)19-8-5-9-20(18-19)36-24-13-7-17-34-30(24)28-22-11-2-4-15-26(22)38-32(28)36/h1-18H. The van der Waals surface area contributed by atoms with Gasteiger partial charge in [-0.2, -0.15) is 0 Å². The van der Waals surface area contributed by atoms with Crippen molar-refractivity contribution in [1.29, 1.82) is 0 Å². The van der Waals surface area contributed by atoms with Crippen molar-refractivity contribution in [2.24, 2.45) is 0 Å². The van der Waals surface area contributed by atoms with Crippen LogP contribution in [-0.4, -0.2) is 19.1 Å². The van der Waals surface area contributed by atoms with E-state index in [1.54, 1.807) is 0 Å². The second kappa shape index (κ2) is 7.11. The molecule has 0 saturated carbocycles. The first-order chi connectivity index (χ1) is 18.9. The third-order valence-corrected chi connectivity index (χ3v) is 7.43. The fourth-order valence-corrected chi connectivity index (χ4v) is 5.88. The van der Waals surface area contributed by atoms with Crippen molar-refractivity contribution in [3.63, 3.8) is 0 Å². The summed E-state index contributed by atoms with van der Waals surface area (Å²) in [4.78, 5) is 9.49. The Hall–Kier alpha value is -5.36. The molecule has 6 heteroatoms. The second-order valence-corrected chi connectivity index (χ2v) is 9.49. The molecule has 178 valence electrons. The summed E-state index contributed by atoms with van der Waals surface area (Å²) in [7, 11) is 0. The van der Waals surface area contributed by atoms with E-state index in [1.165, 1.54) is 0 Å². The molecule has 6 heterocycles. The predicted molar refractivity (Wildman–Crippen MR) is 150 cm³/mol.